The lowest BCUT2D eigenvalue weighted by molar-refractivity contribution is 0.317. The Bertz CT molecular complexity index is 394. The van der Waals surface area contributed by atoms with Crippen molar-refractivity contribution in [3.63, 3.8) is 0 Å². The fraction of sp³-hybridized carbons (Fsp3) is 0.647. The minimum absolute atomic E-state index is 0.614. The maximum absolute atomic E-state index is 5.87. The maximum atomic E-state index is 5.87. The molecule has 1 aliphatic carbocycles. The summed E-state index contributed by atoms with van der Waals surface area (Å²) in [7, 11) is 0. The van der Waals surface area contributed by atoms with Gasteiger partial charge in [0.2, 0.25) is 0 Å². The van der Waals surface area contributed by atoms with E-state index in [-0.39, 0.29) is 0 Å². The highest BCUT2D eigenvalue weighted by atomic mass is 16.5. The van der Waals surface area contributed by atoms with Gasteiger partial charge in [0.25, 0.3) is 0 Å². The normalized spacial score (nSPS) is 23.1. The largest absolute Gasteiger partial charge is 0.491 e. The number of hydrogen-bond donors (Lipinski definition) is 1. The van der Waals surface area contributed by atoms with Crippen LogP contribution in [0.5, 0.6) is 5.75 Å². The molecule has 1 saturated carbocycles. The van der Waals surface area contributed by atoms with E-state index < -0.39 is 0 Å². The van der Waals surface area contributed by atoms with Gasteiger partial charge in [0.05, 0.1) is 12.3 Å². The molecule has 0 saturated heterocycles. The molecular formula is C17H27NO. The molecule has 1 fully saturated rings. The number of anilines is 1. The van der Waals surface area contributed by atoms with Gasteiger partial charge in [-0.15, -0.1) is 0 Å². The summed E-state index contributed by atoms with van der Waals surface area (Å²) in [6.07, 6.45) is 6.29. The van der Waals surface area contributed by atoms with Crippen molar-refractivity contribution in [3.05, 3.63) is 23.8 Å². The molecule has 0 spiro atoms. The first kappa shape index (κ1) is 14.2. The molecule has 0 heterocycles. The zero-order chi connectivity index (χ0) is 13.7. The number of aryl methyl sites for hydroxylation is 1. The Kier molecular flexibility index (Phi) is 5.12. The Labute approximate surface area is 117 Å². The average Bonchev–Trinajstić information content (AvgIpc) is 2.41. The van der Waals surface area contributed by atoms with Crippen LogP contribution in [0.2, 0.25) is 0 Å². The predicted octanol–water partition coefficient (Wildman–Crippen LogP) is 4.77. The van der Waals surface area contributed by atoms with Gasteiger partial charge in [-0.05, 0) is 62.6 Å². The molecule has 2 nitrogen and oxygen atoms in total. The van der Waals surface area contributed by atoms with E-state index in [9.17, 15) is 0 Å². The van der Waals surface area contributed by atoms with Gasteiger partial charge in [-0.25, -0.2) is 0 Å². The van der Waals surface area contributed by atoms with Crippen molar-refractivity contribution in [2.24, 2.45) is 5.92 Å². The van der Waals surface area contributed by atoms with Gasteiger partial charge in [-0.1, -0.05) is 19.9 Å². The molecule has 2 rings (SSSR count). The van der Waals surface area contributed by atoms with Gasteiger partial charge < -0.3 is 10.1 Å². The Hall–Kier alpha value is -1.18. The summed E-state index contributed by atoms with van der Waals surface area (Å²) in [5, 5.41) is 3.68. The lowest BCUT2D eigenvalue weighted by Gasteiger charge is -2.28. The summed E-state index contributed by atoms with van der Waals surface area (Å²) in [6, 6.07) is 7.08. The van der Waals surface area contributed by atoms with Crippen molar-refractivity contribution < 1.29 is 4.74 Å². The Morgan fingerprint density at radius 3 is 2.63 bits per heavy atom. The van der Waals surface area contributed by atoms with Gasteiger partial charge in [0.15, 0.2) is 0 Å². The highest BCUT2D eigenvalue weighted by molar-refractivity contribution is 5.58. The first-order valence-corrected chi connectivity index (χ1v) is 7.69. The van der Waals surface area contributed by atoms with Crippen molar-refractivity contribution in [1.82, 2.24) is 0 Å². The third-order valence-corrected chi connectivity index (χ3v) is 3.97. The summed E-state index contributed by atoms with van der Waals surface area (Å²) < 4.78 is 5.87. The van der Waals surface area contributed by atoms with E-state index in [1.807, 2.05) is 0 Å². The number of hydrogen-bond acceptors (Lipinski definition) is 2. The van der Waals surface area contributed by atoms with Crippen molar-refractivity contribution >= 4 is 5.69 Å². The van der Waals surface area contributed by atoms with E-state index >= 15 is 0 Å². The smallest absolute Gasteiger partial charge is 0.142 e. The van der Waals surface area contributed by atoms with E-state index in [1.54, 1.807) is 0 Å². The summed E-state index contributed by atoms with van der Waals surface area (Å²) in [6.45, 7) is 7.41. The van der Waals surface area contributed by atoms with Crippen LogP contribution in [0.1, 0.15) is 51.5 Å². The van der Waals surface area contributed by atoms with Crippen molar-refractivity contribution in [1.29, 1.82) is 0 Å². The van der Waals surface area contributed by atoms with E-state index in [0.717, 1.165) is 24.7 Å². The van der Waals surface area contributed by atoms with E-state index in [4.69, 9.17) is 4.74 Å². The van der Waals surface area contributed by atoms with Crippen LogP contribution in [0.15, 0.2) is 18.2 Å². The van der Waals surface area contributed by atoms with E-state index in [2.05, 4.69) is 44.3 Å². The molecular weight excluding hydrogens is 234 g/mol. The SMILES string of the molecule is CCCOc1cc(C)ccc1NC1CCC(C)CC1. The molecule has 0 bridgehead atoms. The quantitative estimate of drug-likeness (QED) is 0.824. The first-order chi connectivity index (χ1) is 9.19. The van der Waals surface area contributed by atoms with Crippen molar-refractivity contribution in [2.75, 3.05) is 11.9 Å². The molecule has 1 aromatic carbocycles. The topological polar surface area (TPSA) is 21.3 Å². The Morgan fingerprint density at radius 1 is 1.21 bits per heavy atom. The van der Waals surface area contributed by atoms with Crippen LogP contribution in [0.25, 0.3) is 0 Å². The molecule has 0 aliphatic heterocycles. The van der Waals surface area contributed by atoms with Crippen LogP contribution in [0, 0.1) is 12.8 Å². The standard InChI is InChI=1S/C17H27NO/c1-4-11-19-17-12-14(3)7-10-16(17)18-15-8-5-13(2)6-9-15/h7,10,12-13,15,18H,4-6,8-9,11H2,1-3H3. The van der Waals surface area contributed by atoms with Crippen molar-refractivity contribution in [3.8, 4) is 5.75 Å². The van der Waals surface area contributed by atoms with E-state index in [1.165, 1.54) is 36.9 Å². The molecule has 1 N–H and O–H groups in total. The fourth-order valence-electron chi connectivity index (χ4n) is 2.70. The number of rotatable bonds is 5. The predicted molar refractivity (Wildman–Crippen MR) is 82.0 cm³/mol. The summed E-state index contributed by atoms with van der Waals surface area (Å²) in [5.41, 5.74) is 2.42. The van der Waals surface area contributed by atoms with Crippen LogP contribution in [0.4, 0.5) is 5.69 Å². The molecule has 0 aromatic heterocycles. The number of benzene rings is 1. The Morgan fingerprint density at radius 2 is 1.95 bits per heavy atom. The number of nitrogens with one attached hydrogen (secondary N) is 1. The zero-order valence-electron chi connectivity index (χ0n) is 12.5. The zero-order valence-corrected chi connectivity index (χ0v) is 12.5. The van der Waals surface area contributed by atoms with Gasteiger partial charge in [-0.3, -0.25) is 0 Å². The highest BCUT2D eigenvalue weighted by Crippen LogP contribution is 2.31. The van der Waals surface area contributed by atoms with Crippen LogP contribution < -0.4 is 10.1 Å². The lowest BCUT2D eigenvalue weighted by atomic mass is 9.87. The second-order valence-electron chi connectivity index (χ2n) is 5.95. The van der Waals surface area contributed by atoms with E-state index in [0.29, 0.717) is 6.04 Å². The summed E-state index contributed by atoms with van der Waals surface area (Å²) >= 11 is 0. The second kappa shape index (κ2) is 6.83. The Balaban J connectivity index is 2.02. The van der Waals surface area contributed by atoms with Gasteiger partial charge in [-0.2, -0.15) is 0 Å². The van der Waals surface area contributed by atoms with Crippen LogP contribution >= 0.6 is 0 Å². The van der Waals surface area contributed by atoms with Gasteiger partial charge in [0.1, 0.15) is 5.75 Å². The molecule has 0 amide bonds. The number of ether oxygens (including phenoxy) is 1. The van der Waals surface area contributed by atoms with Crippen molar-refractivity contribution in [2.45, 2.75) is 58.9 Å². The molecule has 0 atom stereocenters. The third kappa shape index (κ3) is 4.15. The van der Waals surface area contributed by atoms with Gasteiger partial charge >= 0.3 is 0 Å². The van der Waals surface area contributed by atoms with Crippen LogP contribution in [-0.2, 0) is 0 Å². The summed E-state index contributed by atoms with van der Waals surface area (Å²) in [4.78, 5) is 0. The fourth-order valence-corrected chi connectivity index (χ4v) is 2.70. The molecule has 19 heavy (non-hydrogen) atoms. The maximum Gasteiger partial charge on any atom is 0.142 e. The highest BCUT2D eigenvalue weighted by Gasteiger charge is 2.19. The molecule has 1 aromatic rings. The minimum atomic E-state index is 0.614. The molecule has 1 aliphatic rings. The van der Waals surface area contributed by atoms with Crippen LogP contribution in [0.3, 0.4) is 0 Å². The van der Waals surface area contributed by atoms with Crippen LogP contribution in [-0.4, -0.2) is 12.6 Å². The average molecular weight is 261 g/mol. The van der Waals surface area contributed by atoms with Gasteiger partial charge in [0, 0.05) is 6.04 Å². The lowest BCUT2D eigenvalue weighted by Crippen LogP contribution is -2.25. The monoisotopic (exact) mass is 261 g/mol. The molecule has 0 radical (unpaired) electrons. The molecule has 106 valence electrons. The summed E-state index contributed by atoms with van der Waals surface area (Å²) in [5.74, 6) is 1.91. The molecule has 2 heteroatoms. The first-order valence-electron chi connectivity index (χ1n) is 7.69. The molecule has 0 unspecified atom stereocenters. The minimum Gasteiger partial charge on any atom is -0.491 e. The third-order valence-electron chi connectivity index (χ3n) is 3.97. The second-order valence-corrected chi connectivity index (χ2v) is 5.95.